The molecule has 0 saturated heterocycles. The second kappa shape index (κ2) is 5.30. The Bertz CT molecular complexity index is 704. The fraction of sp³-hybridized carbons (Fsp3) is 0.529. The van der Waals surface area contributed by atoms with Crippen LogP contribution in [0.3, 0.4) is 0 Å². The summed E-state index contributed by atoms with van der Waals surface area (Å²) in [5.41, 5.74) is 1.64. The topological polar surface area (TPSA) is 56.3 Å². The molecule has 2 aromatic rings. The molecule has 1 heterocycles. The maximum Gasteiger partial charge on any atom is 0.163 e. The summed E-state index contributed by atoms with van der Waals surface area (Å²) in [7, 11) is 3.26. The molecular formula is C17H21N3O2. The van der Waals surface area contributed by atoms with Gasteiger partial charge in [0.2, 0.25) is 0 Å². The van der Waals surface area contributed by atoms with E-state index < -0.39 is 0 Å². The van der Waals surface area contributed by atoms with E-state index in [2.05, 4.69) is 10.3 Å². The van der Waals surface area contributed by atoms with E-state index in [9.17, 15) is 0 Å². The number of benzene rings is 1. The quantitative estimate of drug-likeness (QED) is 0.939. The lowest BCUT2D eigenvalue weighted by Gasteiger charge is -2.23. The maximum absolute atomic E-state index is 5.34. The normalized spacial score (nSPS) is 26.4. The number of nitrogens with zero attached hydrogens (tertiary/aromatic N) is 2. The minimum absolute atomic E-state index is 0.561. The number of ether oxygens (including phenoxy) is 2. The van der Waals surface area contributed by atoms with Crippen LogP contribution in [0.5, 0.6) is 11.5 Å². The number of rotatable bonds is 4. The SMILES string of the molecule is COc1cc2ncc(N[C@@H]3C[C@@H]4CC[C@@H]3C4)nc2cc1OC. The van der Waals surface area contributed by atoms with Gasteiger partial charge in [0.25, 0.3) is 0 Å². The van der Waals surface area contributed by atoms with Gasteiger partial charge in [0, 0.05) is 18.2 Å². The Morgan fingerprint density at radius 1 is 1.05 bits per heavy atom. The molecule has 2 aliphatic carbocycles. The molecule has 1 aromatic heterocycles. The Morgan fingerprint density at radius 3 is 2.45 bits per heavy atom. The largest absolute Gasteiger partial charge is 0.493 e. The second-order valence-corrected chi connectivity index (χ2v) is 6.38. The van der Waals surface area contributed by atoms with E-state index in [0.29, 0.717) is 17.5 Å². The highest BCUT2D eigenvalue weighted by Gasteiger charge is 2.39. The number of fused-ring (bicyclic) bond motifs is 3. The zero-order valence-electron chi connectivity index (χ0n) is 13.0. The van der Waals surface area contributed by atoms with Crippen molar-refractivity contribution in [1.82, 2.24) is 9.97 Å². The van der Waals surface area contributed by atoms with Crippen LogP contribution >= 0.6 is 0 Å². The Labute approximate surface area is 130 Å². The molecule has 5 heteroatoms. The lowest BCUT2D eigenvalue weighted by molar-refractivity contribution is 0.355. The van der Waals surface area contributed by atoms with Crippen molar-refractivity contribution in [3.8, 4) is 11.5 Å². The van der Waals surface area contributed by atoms with Gasteiger partial charge in [0.15, 0.2) is 11.5 Å². The van der Waals surface area contributed by atoms with E-state index in [4.69, 9.17) is 14.5 Å². The average Bonchev–Trinajstić information content (AvgIpc) is 3.16. The van der Waals surface area contributed by atoms with Crippen LogP contribution in [0.1, 0.15) is 25.7 Å². The Morgan fingerprint density at radius 2 is 1.82 bits per heavy atom. The van der Waals surface area contributed by atoms with Gasteiger partial charge in [0.1, 0.15) is 5.82 Å². The molecule has 2 saturated carbocycles. The van der Waals surface area contributed by atoms with Gasteiger partial charge in [-0.25, -0.2) is 4.98 Å². The van der Waals surface area contributed by atoms with Gasteiger partial charge in [-0.3, -0.25) is 4.98 Å². The molecule has 1 aromatic carbocycles. The fourth-order valence-corrected chi connectivity index (χ4v) is 4.02. The molecule has 22 heavy (non-hydrogen) atoms. The summed E-state index contributed by atoms with van der Waals surface area (Å²) in [4.78, 5) is 9.21. The smallest absolute Gasteiger partial charge is 0.163 e. The zero-order chi connectivity index (χ0) is 15.1. The van der Waals surface area contributed by atoms with Gasteiger partial charge >= 0.3 is 0 Å². The van der Waals surface area contributed by atoms with Crippen molar-refractivity contribution in [3.05, 3.63) is 18.3 Å². The summed E-state index contributed by atoms with van der Waals surface area (Å²) in [6, 6.07) is 4.31. The highest BCUT2D eigenvalue weighted by Crippen LogP contribution is 2.45. The highest BCUT2D eigenvalue weighted by atomic mass is 16.5. The number of anilines is 1. The van der Waals surface area contributed by atoms with Crippen molar-refractivity contribution in [3.63, 3.8) is 0 Å². The summed E-state index contributed by atoms with van der Waals surface area (Å²) in [5, 5.41) is 3.58. The minimum atomic E-state index is 0.561. The number of hydrogen-bond acceptors (Lipinski definition) is 5. The second-order valence-electron chi connectivity index (χ2n) is 6.38. The molecule has 0 radical (unpaired) electrons. The lowest BCUT2D eigenvalue weighted by Crippen LogP contribution is -2.26. The van der Waals surface area contributed by atoms with Crippen LogP contribution in [0.25, 0.3) is 11.0 Å². The molecule has 2 fully saturated rings. The van der Waals surface area contributed by atoms with E-state index >= 15 is 0 Å². The Balaban J connectivity index is 1.62. The third kappa shape index (κ3) is 2.25. The molecule has 116 valence electrons. The van der Waals surface area contributed by atoms with Crippen LogP contribution in [-0.4, -0.2) is 30.2 Å². The molecule has 0 unspecified atom stereocenters. The Kier molecular flexibility index (Phi) is 3.28. The van der Waals surface area contributed by atoms with Gasteiger partial charge in [0.05, 0.1) is 31.4 Å². The summed E-state index contributed by atoms with van der Waals surface area (Å²) in [6.45, 7) is 0. The van der Waals surface area contributed by atoms with Crippen LogP contribution in [0.15, 0.2) is 18.3 Å². The van der Waals surface area contributed by atoms with Gasteiger partial charge in [-0.05, 0) is 31.1 Å². The first-order valence-electron chi connectivity index (χ1n) is 7.92. The van der Waals surface area contributed by atoms with E-state index in [1.165, 1.54) is 25.7 Å². The van der Waals surface area contributed by atoms with Gasteiger partial charge in [-0.2, -0.15) is 0 Å². The number of hydrogen-bond donors (Lipinski definition) is 1. The van der Waals surface area contributed by atoms with Crippen molar-refractivity contribution >= 4 is 16.9 Å². The highest BCUT2D eigenvalue weighted by molar-refractivity contribution is 5.80. The first kappa shape index (κ1) is 13.6. The lowest BCUT2D eigenvalue weighted by atomic mass is 9.95. The molecule has 0 aliphatic heterocycles. The number of nitrogens with one attached hydrogen (secondary N) is 1. The van der Waals surface area contributed by atoms with E-state index in [0.717, 1.165) is 28.7 Å². The third-order valence-electron chi connectivity index (χ3n) is 5.12. The summed E-state index contributed by atoms with van der Waals surface area (Å²) < 4.78 is 10.7. The maximum atomic E-state index is 5.34. The molecule has 5 nitrogen and oxygen atoms in total. The average molecular weight is 299 g/mol. The monoisotopic (exact) mass is 299 g/mol. The van der Waals surface area contributed by atoms with Crippen molar-refractivity contribution in [2.24, 2.45) is 11.8 Å². The van der Waals surface area contributed by atoms with Crippen LogP contribution < -0.4 is 14.8 Å². The van der Waals surface area contributed by atoms with Crippen LogP contribution in [0.2, 0.25) is 0 Å². The number of aromatic nitrogens is 2. The summed E-state index contributed by atoms with van der Waals surface area (Å²) in [5.74, 6) is 3.95. The molecule has 2 bridgehead atoms. The molecule has 3 atom stereocenters. The van der Waals surface area contributed by atoms with Crippen molar-refractivity contribution in [2.75, 3.05) is 19.5 Å². The molecule has 0 spiro atoms. The fourth-order valence-electron chi connectivity index (χ4n) is 4.02. The Hall–Kier alpha value is -2.04. The third-order valence-corrected chi connectivity index (χ3v) is 5.12. The van der Waals surface area contributed by atoms with E-state index in [1.54, 1.807) is 14.2 Å². The van der Waals surface area contributed by atoms with Crippen molar-refractivity contribution < 1.29 is 9.47 Å². The minimum Gasteiger partial charge on any atom is -0.493 e. The number of methoxy groups -OCH3 is 2. The van der Waals surface area contributed by atoms with Gasteiger partial charge in [-0.1, -0.05) is 6.42 Å². The summed E-state index contributed by atoms with van der Waals surface area (Å²) >= 11 is 0. The van der Waals surface area contributed by atoms with E-state index in [-0.39, 0.29) is 0 Å². The molecule has 4 rings (SSSR count). The van der Waals surface area contributed by atoms with Crippen molar-refractivity contribution in [2.45, 2.75) is 31.7 Å². The van der Waals surface area contributed by atoms with Crippen molar-refractivity contribution in [1.29, 1.82) is 0 Å². The standard InChI is InChI=1S/C17H21N3O2/c1-21-15-7-13-14(8-16(15)22-2)20-17(9-18-13)19-12-6-10-3-4-11(12)5-10/h7-12H,3-6H2,1-2H3,(H,19,20)/t10-,11-,12-/m1/s1. The van der Waals surface area contributed by atoms with Crippen LogP contribution in [-0.2, 0) is 0 Å². The molecule has 0 amide bonds. The van der Waals surface area contributed by atoms with Crippen LogP contribution in [0, 0.1) is 11.8 Å². The van der Waals surface area contributed by atoms with E-state index in [1.807, 2.05) is 18.3 Å². The van der Waals surface area contributed by atoms with Gasteiger partial charge in [-0.15, -0.1) is 0 Å². The predicted octanol–water partition coefficient (Wildman–Crippen LogP) is 3.25. The molecule has 1 N–H and O–H groups in total. The van der Waals surface area contributed by atoms with Gasteiger partial charge < -0.3 is 14.8 Å². The van der Waals surface area contributed by atoms with Crippen LogP contribution in [0.4, 0.5) is 5.82 Å². The summed E-state index contributed by atoms with van der Waals surface area (Å²) in [6.07, 6.45) is 7.23. The predicted molar refractivity (Wildman–Crippen MR) is 85.5 cm³/mol. The first-order chi connectivity index (χ1) is 10.8. The molecule has 2 aliphatic rings. The molecular weight excluding hydrogens is 278 g/mol. The first-order valence-corrected chi connectivity index (χ1v) is 7.92. The zero-order valence-corrected chi connectivity index (χ0v) is 13.0.